The number of allylic oxidation sites excluding steroid dienone is 1. The average Bonchev–Trinajstić information content (AvgIpc) is 2.63. The van der Waals surface area contributed by atoms with Gasteiger partial charge in [0.15, 0.2) is 0 Å². The van der Waals surface area contributed by atoms with Gasteiger partial charge in [-0.15, -0.1) is 6.58 Å². The predicted octanol–water partition coefficient (Wildman–Crippen LogP) is 1.66. The van der Waals surface area contributed by atoms with E-state index in [9.17, 15) is 0 Å². The second-order valence-corrected chi connectivity index (χ2v) is 4.14. The summed E-state index contributed by atoms with van der Waals surface area (Å²) in [5.41, 5.74) is 1.28. The SMILES string of the molecule is C=C[C@@H]1C(=C(C#N)C#N)C[C@H]2CCC1N2. The Morgan fingerprint density at radius 2 is 2.13 bits per heavy atom. The van der Waals surface area contributed by atoms with Gasteiger partial charge in [-0.3, -0.25) is 0 Å². The van der Waals surface area contributed by atoms with Crippen LogP contribution in [0.15, 0.2) is 23.8 Å². The van der Waals surface area contributed by atoms with Gasteiger partial charge in [0.1, 0.15) is 17.7 Å². The lowest BCUT2D eigenvalue weighted by molar-refractivity contribution is 0.413. The van der Waals surface area contributed by atoms with E-state index >= 15 is 0 Å². The Balaban J connectivity index is 2.41. The molecule has 2 aliphatic rings. The van der Waals surface area contributed by atoms with Gasteiger partial charge in [-0.1, -0.05) is 6.08 Å². The molecule has 0 aliphatic carbocycles. The van der Waals surface area contributed by atoms with Crippen LogP contribution in [0.1, 0.15) is 19.3 Å². The molecule has 3 atom stereocenters. The fourth-order valence-electron chi connectivity index (χ4n) is 2.68. The number of rotatable bonds is 1. The van der Waals surface area contributed by atoms with Crippen LogP contribution in [0.4, 0.5) is 0 Å². The van der Waals surface area contributed by atoms with Gasteiger partial charge in [-0.2, -0.15) is 10.5 Å². The fourth-order valence-corrected chi connectivity index (χ4v) is 2.68. The molecule has 0 aromatic carbocycles. The molecule has 76 valence electrons. The first-order valence-electron chi connectivity index (χ1n) is 5.22. The summed E-state index contributed by atoms with van der Waals surface area (Å²) in [5, 5.41) is 21.3. The van der Waals surface area contributed by atoms with Crippen LogP contribution in [0.5, 0.6) is 0 Å². The molecule has 2 aliphatic heterocycles. The summed E-state index contributed by atoms with van der Waals surface area (Å²) in [7, 11) is 0. The molecule has 1 N–H and O–H groups in total. The average molecular weight is 199 g/mol. The Morgan fingerprint density at radius 1 is 1.40 bits per heavy atom. The zero-order valence-corrected chi connectivity index (χ0v) is 8.53. The maximum atomic E-state index is 8.90. The van der Waals surface area contributed by atoms with Crippen LogP contribution < -0.4 is 5.32 Å². The van der Waals surface area contributed by atoms with Crippen LogP contribution >= 0.6 is 0 Å². The van der Waals surface area contributed by atoms with Crippen molar-refractivity contribution < 1.29 is 0 Å². The molecule has 2 heterocycles. The molecule has 0 aromatic rings. The predicted molar refractivity (Wildman–Crippen MR) is 56.5 cm³/mol. The minimum absolute atomic E-state index is 0.165. The molecular formula is C12H13N3. The van der Waals surface area contributed by atoms with Crippen molar-refractivity contribution in [1.82, 2.24) is 5.32 Å². The smallest absolute Gasteiger partial charge is 0.129 e. The highest BCUT2D eigenvalue weighted by Crippen LogP contribution is 2.37. The van der Waals surface area contributed by atoms with Crippen LogP contribution in [-0.2, 0) is 0 Å². The van der Waals surface area contributed by atoms with Crippen LogP contribution in [-0.4, -0.2) is 12.1 Å². The quantitative estimate of drug-likeness (QED) is 0.516. The van der Waals surface area contributed by atoms with Gasteiger partial charge in [0, 0.05) is 18.0 Å². The number of hydrogen-bond acceptors (Lipinski definition) is 3. The first-order valence-corrected chi connectivity index (χ1v) is 5.22. The van der Waals surface area contributed by atoms with Gasteiger partial charge in [-0.05, 0) is 24.8 Å². The van der Waals surface area contributed by atoms with E-state index in [1.807, 2.05) is 18.2 Å². The molecule has 0 spiro atoms. The molecule has 2 rings (SSSR count). The van der Waals surface area contributed by atoms with E-state index in [4.69, 9.17) is 10.5 Å². The van der Waals surface area contributed by atoms with Crippen LogP contribution in [0, 0.1) is 28.6 Å². The fraction of sp³-hybridized carbons (Fsp3) is 0.500. The summed E-state index contributed by atoms with van der Waals surface area (Å²) in [6.45, 7) is 3.81. The number of piperidine rings is 1. The molecule has 1 unspecified atom stereocenters. The van der Waals surface area contributed by atoms with Gasteiger partial charge in [-0.25, -0.2) is 0 Å². The second-order valence-electron chi connectivity index (χ2n) is 4.14. The first-order chi connectivity index (χ1) is 7.30. The lowest BCUT2D eigenvalue weighted by Crippen LogP contribution is -2.41. The highest BCUT2D eigenvalue weighted by Gasteiger charge is 2.38. The third kappa shape index (κ3) is 1.56. The number of fused-ring (bicyclic) bond motifs is 2. The van der Waals surface area contributed by atoms with E-state index in [2.05, 4.69) is 11.9 Å². The van der Waals surface area contributed by atoms with Crippen molar-refractivity contribution in [2.75, 3.05) is 0 Å². The Morgan fingerprint density at radius 3 is 2.73 bits per heavy atom. The maximum absolute atomic E-state index is 8.90. The lowest BCUT2D eigenvalue weighted by Gasteiger charge is -2.30. The second kappa shape index (κ2) is 3.88. The summed E-state index contributed by atoms with van der Waals surface area (Å²) < 4.78 is 0. The third-order valence-corrected chi connectivity index (χ3v) is 3.38. The minimum Gasteiger partial charge on any atom is -0.310 e. The highest BCUT2D eigenvalue weighted by molar-refractivity contribution is 5.44. The summed E-state index contributed by atoms with van der Waals surface area (Å²) in [6, 6.07) is 4.83. The van der Waals surface area contributed by atoms with E-state index in [-0.39, 0.29) is 5.92 Å². The lowest BCUT2D eigenvalue weighted by atomic mass is 9.84. The maximum Gasteiger partial charge on any atom is 0.129 e. The van der Waals surface area contributed by atoms with E-state index in [0.29, 0.717) is 17.7 Å². The van der Waals surface area contributed by atoms with Gasteiger partial charge >= 0.3 is 0 Å². The number of nitriles is 2. The van der Waals surface area contributed by atoms with Crippen molar-refractivity contribution in [3.63, 3.8) is 0 Å². The molecule has 0 aromatic heterocycles. The normalized spacial score (nSPS) is 32.9. The highest BCUT2D eigenvalue weighted by atomic mass is 15.0. The van der Waals surface area contributed by atoms with E-state index in [1.165, 1.54) is 0 Å². The molecule has 3 nitrogen and oxygen atoms in total. The van der Waals surface area contributed by atoms with Gasteiger partial charge in [0.25, 0.3) is 0 Å². The van der Waals surface area contributed by atoms with Gasteiger partial charge < -0.3 is 5.32 Å². The zero-order chi connectivity index (χ0) is 10.8. The molecule has 15 heavy (non-hydrogen) atoms. The Bertz CT molecular complexity index is 378. The summed E-state index contributed by atoms with van der Waals surface area (Å²) in [6.07, 6.45) is 4.95. The van der Waals surface area contributed by atoms with Crippen molar-refractivity contribution in [1.29, 1.82) is 10.5 Å². The third-order valence-electron chi connectivity index (χ3n) is 3.38. The molecule has 0 saturated carbocycles. The summed E-state index contributed by atoms with van der Waals surface area (Å²) >= 11 is 0. The van der Waals surface area contributed by atoms with Crippen molar-refractivity contribution in [2.45, 2.75) is 31.3 Å². The molecule has 2 saturated heterocycles. The van der Waals surface area contributed by atoms with E-state index in [1.54, 1.807) is 0 Å². The molecular weight excluding hydrogens is 186 g/mol. The van der Waals surface area contributed by atoms with Crippen molar-refractivity contribution in [2.24, 2.45) is 5.92 Å². The molecule has 2 fully saturated rings. The summed E-state index contributed by atoms with van der Waals surface area (Å²) in [4.78, 5) is 0. The van der Waals surface area contributed by atoms with Crippen molar-refractivity contribution in [3.05, 3.63) is 23.8 Å². The molecule has 3 heteroatoms. The van der Waals surface area contributed by atoms with E-state index < -0.39 is 0 Å². The monoisotopic (exact) mass is 199 g/mol. The topological polar surface area (TPSA) is 59.6 Å². The Hall–Kier alpha value is -1.58. The molecule has 0 amide bonds. The van der Waals surface area contributed by atoms with Crippen LogP contribution in [0.2, 0.25) is 0 Å². The molecule has 0 radical (unpaired) electrons. The first kappa shape index (κ1) is 9.96. The summed E-state index contributed by atoms with van der Waals surface area (Å²) in [5.74, 6) is 0.165. The number of hydrogen-bond donors (Lipinski definition) is 1. The zero-order valence-electron chi connectivity index (χ0n) is 8.53. The van der Waals surface area contributed by atoms with Crippen LogP contribution in [0.3, 0.4) is 0 Å². The Kier molecular flexibility index (Phi) is 2.58. The van der Waals surface area contributed by atoms with Gasteiger partial charge in [0.05, 0.1) is 0 Å². The van der Waals surface area contributed by atoms with E-state index in [0.717, 1.165) is 24.8 Å². The Labute approximate surface area is 89.7 Å². The van der Waals surface area contributed by atoms with Crippen molar-refractivity contribution >= 4 is 0 Å². The standard InChI is InChI=1S/C12H13N3/c1-2-10-11(8(6-13)7-14)5-9-3-4-12(10)15-9/h2,9-10,12,15H,1,3-5H2/t9-,10-,12?/m1/s1. The number of nitrogens with one attached hydrogen (secondary N) is 1. The van der Waals surface area contributed by atoms with Gasteiger partial charge in [0.2, 0.25) is 0 Å². The minimum atomic E-state index is 0.165. The number of nitrogens with zero attached hydrogens (tertiary/aromatic N) is 2. The largest absolute Gasteiger partial charge is 0.310 e. The molecule has 2 bridgehead atoms. The van der Waals surface area contributed by atoms with Crippen molar-refractivity contribution in [3.8, 4) is 12.1 Å². The van der Waals surface area contributed by atoms with Crippen LogP contribution in [0.25, 0.3) is 0 Å².